The van der Waals surface area contributed by atoms with E-state index in [1.165, 1.54) is 16.7 Å². The Morgan fingerprint density at radius 2 is 1.57 bits per heavy atom. The topological polar surface area (TPSA) is 54.4 Å². The Morgan fingerprint density at radius 3 is 2.03 bits per heavy atom. The highest BCUT2D eigenvalue weighted by molar-refractivity contribution is 7.98. The molecule has 2 atom stereocenters. The van der Waals surface area contributed by atoms with E-state index in [0.29, 0.717) is 6.42 Å². The van der Waals surface area contributed by atoms with Crippen molar-refractivity contribution in [3.8, 4) is 0 Å². The smallest absolute Gasteiger partial charge is 0.309 e. The van der Waals surface area contributed by atoms with Gasteiger partial charge in [0.2, 0.25) is 0 Å². The molecular weight excluding hydrogens is 392 g/mol. The number of Topliss-reactive ketones (excluding diaryl/α,β-unsaturated/α-hetero) is 1. The number of ketones is 1. The first-order valence-electron chi connectivity index (χ1n) is 10.5. The Hall–Kier alpha value is -2.07. The lowest BCUT2D eigenvalue weighted by molar-refractivity contribution is -0.147. The maximum absolute atomic E-state index is 13.0. The number of hydrogen-bond acceptors (Lipinski definition) is 3. The molecule has 0 aromatic heterocycles. The fourth-order valence-corrected chi connectivity index (χ4v) is 4.17. The van der Waals surface area contributed by atoms with Gasteiger partial charge in [0, 0.05) is 16.4 Å². The molecule has 2 unspecified atom stereocenters. The molecule has 0 aliphatic rings. The number of carboxylic acid groups (broad SMARTS) is 1. The number of carbonyl (C=O) groups is 2. The third-order valence-corrected chi connectivity index (χ3v) is 7.10. The Balaban J connectivity index is 2.20. The SMILES string of the molecule is CSc1ccc(C(=O)C(C)C(C)c2cc(C)c(CCC(C)(C)C(=O)O)c(C)c2)cc1. The molecule has 0 heterocycles. The normalized spacial score (nSPS) is 13.7. The predicted octanol–water partition coefficient (Wildman–Crippen LogP) is 6.69. The molecule has 0 saturated carbocycles. The van der Waals surface area contributed by atoms with E-state index in [1.54, 1.807) is 25.6 Å². The van der Waals surface area contributed by atoms with Crippen molar-refractivity contribution < 1.29 is 14.7 Å². The van der Waals surface area contributed by atoms with Crippen LogP contribution in [0.5, 0.6) is 0 Å². The van der Waals surface area contributed by atoms with Gasteiger partial charge in [-0.1, -0.05) is 38.1 Å². The minimum absolute atomic E-state index is 0.0969. The highest BCUT2D eigenvalue weighted by atomic mass is 32.2. The van der Waals surface area contributed by atoms with Crippen molar-refractivity contribution in [1.82, 2.24) is 0 Å². The van der Waals surface area contributed by atoms with Gasteiger partial charge in [0.05, 0.1) is 5.41 Å². The maximum Gasteiger partial charge on any atom is 0.309 e. The molecule has 162 valence electrons. The van der Waals surface area contributed by atoms with E-state index in [1.807, 2.05) is 37.4 Å². The number of aliphatic carboxylic acids is 1. The molecule has 30 heavy (non-hydrogen) atoms. The molecule has 0 radical (unpaired) electrons. The van der Waals surface area contributed by atoms with Gasteiger partial charge in [0.15, 0.2) is 5.78 Å². The van der Waals surface area contributed by atoms with Crippen LogP contribution in [0.15, 0.2) is 41.3 Å². The Morgan fingerprint density at radius 1 is 1.03 bits per heavy atom. The second kappa shape index (κ2) is 9.82. The standard InChI is InChI=1S/C26H34O3S/c1-16-14-21(15-17(2)23(16)12-13-26(5,6)25(28)29)18(3)19(4)24(27)20-8-10-22(30-7)11-9-20/h8-11,14-15,18-19H,12-13H2,1-7H3,(H,28,29). The van der Waals surface area contributed by atoms with Crippen molar-refractivity contribution in [3.63, 3.8) is 0 Å². The molecule has 0 aliphatic heterocycles. The average molecular weight is 427 g/mol. The lowest BCUT2D eigenvalue weighted by Crippen LogP contribution is -2.24. The number of carbonyl (C=O) groups excluding carboxylic acids is 1. The van der Waals surface area contributed by atoms with Crippen molar-refractivity contribution in [2.24, 2.45) is 11.3 Å². The van der Waals surface area contributed by atoms with Crippen LogP contribution in [-0.2, 0) is 11.2 Å². The van der Waals surface area contributed by atoms with E-state index in [-0.39, 0.29) is 17.6 Å². The van der Waals surface area contributed by atoms with Crippen LogP contribution in [0.25, 0.3) is 0 Å². The van der Waals surface area contributed by atoms with Crippen LogP contribution in [0.1, 0.15) is 72.6 Å². The van der Waals surface area contributed by atoms with E-state index >= 15 is 0 Å². The molecule has 0 fully saturated rings. The minimum atomic E-state index is -0.763. The van der Waals surface area contributed by atoms with E-state index in [4.69, 9.17) is 0 Å². The van der Waals surface area contributed by atoms with Crippen molar-refractivity contribution in [3.05, 3.63) is 64.2 Å². The van der Waals surface area contributed by atoms with Crippen LogP contribution in [-0.4, -0.2) is 23.1 Å². The van der Waals surface area contributed by atoms with Crippen LogP contribution in [0.3, 0.4) is 0 Å². The molecule has 0 aliphatic carbocycles. The van der Waals surface area contributed by atoms with E-state index in [0.717, 1.165) is 22.4 Å². The molecule has 2 rings (SSSR count). The fraction of sp³-hybridized carbons (Fsp3) is 0.462. The van der Waals surface area contributed by atoms with Crippen LogP contribution in [0.2, 0.25) is 0 Å². The van der Waals surface area contributed by atoms with Gasteiger partial charge < -0.3 is 5.11 Å². The second-order valence-electron chi connectivity index (χ2n) is 8.99. The number of carboxylic acids is 1. The zero-order valence-electron chi connectivity index (χ0n) is 19.2. The van der Waals surface area contributed by atoms with Crippen molar-refractivity contribution >= 4 is 23.5 Å². The summed E-state index contributed by atoms with van der Waals surface area (Å²) in [5.41, 5.74) is 4.73. The van der Waals surface area contributed by atoms with Gasteiger partial charge in [-0.05, 0) is 87.1 Å². The molecule has 0 bridgehead atoms. The summed E-state index contributed by atoms with van der Waals surface area (Å²) < 4.78 is 0. The third kappa shape index (κ3) is 5.54. The molecule has 1 N–H and O–H groups in total. The first kappa shape index (κ1) is 24.2. The molecule has 0 amide bonds. The van der Waals surface area contributed by atoms with Crippen LogP contribution in [0.4, 0.5) is 0 Å². The van der Waals surface area contributed by atoms with Crippen LogP contribution < -0.4 is 0 Å². The summed E-state index contributed by atoms with van der Waals surface area (Å²) in [5.74, 6) is -0.626. The average Bonchev–Trinajstić information content (AvgIpc) is 2.71. The van der Waals surface area contributed by atoms with Gasteiger partial charge in [-0.3, -0.25) is 9.59 Å². The summed E-state index contributed by atoms with van der Waals surface area (Å²) in [6.07, 6.45) is 3.36. The molecule has 0 saturated heterocycles. The molecule has 0 spiro atoms. The Bertz CT molecular complexity index is 889. The summed E-state index contributed by atoms with van der Waals surface area (Å²) in [4.78, 5) is 25.6. The monoisotopic (exact) mass is 426 g/mol. The van der Waals surface area contributed by atoms with E-state index in [9.17, 15) is 14.7 Å². The summed E-state index contributed by atoms with van der Waals surface area (Å²) in [6.45, 7) is 11.8. The Kier molecular flexibility index (Phi) is 7.93. The van der Waals surface area contributed by atoms with Crippen molar-refractivity contribution in [2.75, 3.05) is 6.26 Å². The predicted molar refractivity (Wildman–Crippen MR) is 126 cm³/mol. The summed E-state index contributed by atoms with van der Waals surface area (Å²) in [6, 6.07) is 12.2. The van der Waals surface area contributed by atoms with E-state index < -0.39 is 11.4 Å². The lowest BCUT2D eigenvalue weighted by atomic mass is 9.80. The van der Waals surface area contributed by atoms with Gasteiger partial charge in [0.1, 0.15) is 0 Å². The Labute approximate surface area is 185 Å². The molecular formula is C26H34O3S. The minimum Gasteiger partial charge on any atom is -0.481 e. The fourth-order valence-electron chi connectivity index (χ4n) is 3.76. The van der Waals surface area contributed by atoms with Gasteiger partial charge in [-0.2, -0.15) is 0 Å². The first-order chi connectivity index (χ1) is 14.0. The maximum atomic E-state index is 13.0. The first-order valence-corrected chi connectivity index (χ1v) is 11.7. The van der Waals surface area contributed by atoms with Crippen LogP contribution >= 0.6 is 11.8 Å². The summed E-state index contributed by atoms with van der Waals surface area (Å²) >= 11 is 1.67. The van der Waals surface area contributed by atoms with Crippen LogP contribution in [0, 0.1) is 25.2 Å². The quantitative estimate of drug-likeness (QED) is 0.358. The van der Waals surface area contributed by atoms with Gasteiger partial charge in [-0.15, -0.1) is 11.8 Å². The van der Waals surface area contributed by atoms with Gasteiger partial charge in [-0.25, -0.2) is 0 Å². The number of thioether (sulfide) groups is 1. The zero-order valence-corrected chi connectivity index (χ0v) is 20.0. The van der Waals surface area contributed by atoms with Crippen molar-refractivity contribution in [1.29, 1.82) is 0 Å². The largest absolute Gasteiger partial charge is 0.481 e. The third-order valence-electron chi connectivity index (χ3n) is 6.36. The molecule has 4 heteroatoms. The number of rotatable bonds is 9. The number of aryl methyl sites for hydroxylation is 2. The van der Waals surface area contributed by atoms with E-state index in [2.05, 4.69) is 32.9 Å². The lowest BCUT2D eigenvalue weighted by Gasteiger charge is -2.23. The second-order valence-corrected chi connectivity index (χ2v) is 9.87. The molecule has 3 nitrogen and oxygen atoms in total. The summed E-state index contributed by atoms with van der Waals surface area (Å²) in [5, 5.41) is 9.38. The highest BCUT2D eigenvalue weighted by Crippen LogP contribution is 2.32. The van der Waals surface area contributed by atoms with Gasteiger partial charge >= 0.3 is 5.97 Å². The molecule has 2 aromatic rings. The van der Waals surface area contributed by atoms with Gasteiger partial charge in [0.25, 0.3) is 0 Å². The number of hydrogen-bond donors (Lipinski definition) is 1. The number of benzene rings is 2. The molecule has 2 aromatic carbocycles. The highest BCUT2D eigenvalue weighted by Gasteiger charge is 2.28. The summed E-state index contributed by atoms with van der Waals surface area (Å²) in [7, 11) is 0. The van der Waals surface area contributed by atoms with Crippen molar-refractivity contribution in [2.45, 2.75) is 65.2 Å². The zero-order chi connectivity index (χ0) is 22.6.